The van der Waals surface area contributed by atoms with Crippen LogP contribution in [0.4, 0.5) is 5.69 Å². The Labute approximate surface area is 170 Å². The summed E-state index contributed by atoms with van der Waals surface area (Å²) in [6, 6.07) is 4.61. The number of sulfonamides is 1. The fourth-order valence-electron chi connectivity index (χ4n) is 3.76. The first-order valence-electron chi connectivity index (χ1n) is 9.49. The molecule has 10 heteroatoms. The van der Waals surface area contributed by atoms with E-state index in [9.17, 15) is 22.8 Å². The van der Waals surface area contributed by atoms with E-state index in [1.807, 2.05) is 0 Å². The molecule has 9 nitrogen and oxygen atoms in total. The Bertz CT molecular complexity index is 900. The van der Waals surface area contributed by atoms with Gasteiger partial charge in [0.2, 0.25) is 21.8 Å². The van der Waals surface area contributed by atoms with Gasteiger partial charge in [0.25, 0.3) is 5.91 Å². The second kappa shape index (κ2) is 8.50. The fraction of sp³-hybridized carbons (Fsp3) is 0.474. The van der Waals surface area contributed by atoms with Gasteiger partial charge in [-0.05, 0) is 49.9 Å². The van der Waals surface area contributed by atoms with E-state index in [0.717, 1.165) is 29.1 Å². The summed E-state index contributed by atoms with van der Waals surface area (Å²) in [5.74, 6) is -1.21. The molecule has 2 unspecified atom stereocenters. The molecule has 2 atom stereocenters. The third-order valence-electron chi connectivity index (χ3n) is 5.20. The lowest BCUT2D eigenvalue weighted by molar-refractivity contribution is -0.122. The van der Waals surface area contributed by atoms with Gasteiger partial charge in [-0.15, -0.1) is 0 Å². The van der Waals surface area contributed by atoms with Gasteiger partial charge in [0, 0.05) is 30.8 Å². The number of hydrogen-bond donors (Lipinski definition) is 2. The first-order chi connectivity index (χ1) is 13.7. The summed E-state index contributed by atoms with van der Waals surface area (Å²) in [6.07, 6.45) is 5.43. The van der Waals surface area contributed by atoms with Crippen LogP contribution in [0.25, 0.3) is 0 Å². The monoisotopic (exact) mass is 421 g/mol. The molecule has 1 aromatic rings. The van der Waals surface area contributed by atoms with Crippen LogP contribution < -0.4 is 16.0 Å². The number of nitrogens with one attached hydrogen (secondary N) is 1. The van der Waals surface area contributed by atoms with Crippen molar-refractivity contribution in [1.82, 2.24) is 9.62 Å². The molecule has 2 aliphatic heterocycles. The topological polar surface area (TPSA) is 130 Å². The molecule has 0 spiro atoms. The Hall–Kier alpha value is -2.46. The number of benzene rings is 1. The van der Waals surface area contributed by atoms with Gasteiger partial charge >= 0.3 is 0 Å². The average Bonchev–Trinajstić information content (AvgIpc) is 2.67. The third kappa shape index (κ3) is 4.76. The van der Waals surface area contributed by atoms with E-state index >= 15 is 0 Å². The Balaban J connectivity index is 1.73. The Morgan fingerprint density at radius 2 is 1.83 bits per heavy atom. The van der Waals surface area contributed by atoms with Crippen molar-refractivity contribution in [2.24, 2.45) is 5.73 Å². The number of amides is 3. The smallest absolute Gasteiger partial charge is 0.251 e. The molecule has 3 rings (SSSR count). The molecule has 3 N–H and O–H groups in total. The van der Waals surface area contributed by atoms with Crippen molar-refractivity contribution in [3.63, 3.8) is 0 Å². The second-order valence-corrected chi connectivity index (χ2v) is 9.23. The van der Waals surface area contributed by atoms with Gasteiger partial charge in [0.05, 0.1) is 12.3 Å². The van der Waals surface area contributed by atoms with Crippen LogP contribution in [0.15, 0.2) is 24.3 Å². The molecule has 157 valence electrons. The number of carbonyl (C=O) groups is 3. The normalized spacial score (nSPS) is 23.6. The zero-order chi connectivity index (χ0) is 21.2. The molecule has 0 aliphatic carbocycles. The van der Waals surface area contributed by atoms with E-state index in [4.69, 9.17) is 5.73 Å². The van der Waals surface area contributed by atoms with Gasteiger partial charge in [0.15, 0.2) is 0 Å². The van der Waals surface area contributed by atoms with Gasteiger partial charge in [-0.25, -0.2) is 8.42 Å². The van der Waals surface area contributed by atoms with E-state index < -0.39 is 33.9 Å². The second-order valence-electron chi connectivity index (χ2n) is 7.29. The van der Waals surface area contributed by atoms with Crippen LogP contribution in [0.1, 0.15) is 36.0 Å². The summed E-state index contributed by atoms with van der Waals surface area (Å²) in [4.78, 5) is 38.3. The fourth-order valence-corrected chi connectivity index (χ4v) is 4.85. The van der Waals surface area contributed by atoms with Gasteiger partial charge < -0.3 is 16.0 Å². The maximum Gasteiger partial charge on any atom is 0.251 e. The predicted molar refractivity (Wildman–Crippen MR) is 107 cm³/mol. The summed E-state index contributed by atoms with van der Waals surface area (Å²) in [5, 5.41) is 2.69. The number of anilines is 1. The molecule has 2 fully saturated rings. The van der Waals surface area contributed by atoms with E-state index in [0.29, 0.717) is 24.9 Å². The highest BCUT2D eigenvalue weighted by atomic mass is 32.2. The molecule has 2 heterocycles. The zero-order valence-corrected chi connectivity index (χ0v) is 17.0. The standard InChI is InChI=1S/C19H25N4O5S/c1-29(27,28)23-12-4-5-15(17(23)18(20)25)21-19(26)13-7-9-14(10-8-13)22-11-3-2-6-16(22)24/h5,7-10,15,17H,2-4,6,11-12H2,1H3,(H2,20,25)(H,21,26). The summed E-state index contributed by atoms with van der Waals surface area (Å²) >= 11 is 0. The van der Waals surface area contributed by atoms with Crippen LogP contribution in [0, 0.1) is 6.42 Å². The number of piperidine rings is 2. The maximum atomic E-state index is 12.7. The molecule has 0 aromatic heterocycles. The highest BCUT2D eigenvalue weighted by Crippen LogP contribution is 2.23. The number of hydrogen-bond acceptors (Lipinski definition) is 5. The SMILES string of the molecule is CS(=O)(=O)N1CC[CH]C(NC(=O)c2ccc(N3CCCCC3=O)cc2)C1C(N)=O. The molecule has 2 aliphatic rings. The van der Waals surface area contributed by atoms with Crippen LogP contribution in [-0.4, -0.2) is 61.9 Å². The summed E-state index contributed by atoms with van der Waals surface area (Å²) < 4.78 is 25.0. The highest BCUT2D eigenvalue weighted by Gasteiger charge is 2.41. The van der Waals surface area contributed by atoms with E-state index in [1.54, 1.807) is 35.6 Å². The summed E-state index contributed by atoms with van der Waals surface area (Å²) in [5.41, 5.74) is 6.49. The molecule has 1 radical (unpaired) electrons. The lowest BCUT2D eigenvalue weighted by atomic mass is 9.97. The minimum atomic E-state index is -3.65. The zero-order valence-electron chi connectivity index (χ0n) is 16.2. The summed E-state index contributed by atoms with van der Waals surface area (Å²) in [6.45, 7) is 0.792. The van der Waals surface area contributed by atoms with Crippen molar-refractivity contribution in [3.8, 4) is 0 Å². The molecule has 0 saturated carbocycles. The number of rotatable bonds is 5. The Kier molecular flexibility index (Phi) is 6.23. The molecule has 0 bridgehead atoms. The van der Waals surface area contributed by atoms with Gasteiger partial charge in [0.1, 0.15) is 6.04 Å². The van der Waals surface area contributed by atoms with Crippen LogP contribution >= 0.6 is 0 Å². The number of nitrogens with two attached hydrogens (primary N) is 1. The minimum Gasteiger partial charge on any atom is -0.368 e. The average molecular weight is 421 g/mol. The van der Waals surface area contributed by atoms with Crippen molar-refractivity contribution < 1.29 is 22.8 Å². The summed E-state index contributed by atoms with van der Waals surface area (Å²) in [7, 11) is -3.65. The van der Waals surface area contributed by atoms with Gasteiger partial charge in [-0.2, -0.15) is 4.31 Å². The van der Waals surface area contributed by atoms with Crippen molar-refractivity contribution >= 4 is 33.4 Å². The maximum absolute atomic E-state index is 12.7. The number of nitrogens with zero attached hydrogens (tertiary/aromatic N) is 2. The Morgan fingerprint density at radius 3 is 2.41 bits per heavy atom. The largest absolute Gasteiger partial charge is 0.368 e. The van der Waals surface area contributed by atoms with E-state index in [2.05, 4.69) is 5.32 Å². The van der Waals surface area contributed by atoms with Crippen molar-refractivity contribution in [2.45, 2.75) is 37.8 Å². The van der Waals surface area contributed by atoms with Crippen molar-refractivity contribution in [1.29, 1.82) is 0 Å². The van der Waals surface area contributed by atoms with Crippen molar-refractivity contribution in [3.05, 3.63) is 36.2 Å². The molecule has 29 heavy (non-hydrogen) atoms. The molecular weight excluding hydrogens is 396 g/mol. The molecule has 2 saturated heterocycles. The molecule has 3 amide bonds. The van der Waals surface area contributed by atoms with E-state index in [-0.39, 0.29) is 12.5 Å². The highest BCUT2D eigenvalue weighted by molar-refractivity contribution is 7.88. The van der Waals surface area contributed by atoms with Gasteiger partial charge in [-0.1, -0.05) is 0 Å². The van der Waals surface area contributed by atoms with Gasteiger partial charge in [-0.3, -0.25) is 14.4 Å². The van der Waals surface area contributed by atoms with Crippen LogP contribution in [0.5, 0.6) is 0 Å². The number of carbonyl (C=O) groups excluding carboxylic acids is 3. The molecular formula is C19H25N4O5S. The lowest BCUT2D eigenvalue weighted by Gasteiger charge is -2.37. The third-order valence-corrected chi connectivity index (χ3v) is 6.46. The minimum absolute atomic E-state index is 0.0652. The first-order valence-corrected chi connectivity index (χ1v) is 11.3. The van der Waals surface area contributed by atoms with Crippen LogP contribution in [0.2, 0.25) is 0 Å². The van der Waals surface area contributed by atoms with Crippen molar-refractivity contribution in [2.75, 3.05) is 24.2 Å². The Morgan fingerprint density at radius 1 is 1.14 bits per heavy atom. The van der Waals surface area contributed by atoms with Crippen LogP contribution in [0.3, 0.4) is 0 Å². The number of primary amides is 1. The van der Waals surface area contributed by atoms with Crippen LogP contribution in [-0.2, 0) is 19.6 Å². The first kappa shape index (κ1) is 21.3. The van der Waals surface area contributed by atoms with E-state index in [1.165, 1.54) is 0 Å². The predicted octanol–water partition coefficient (Wildman–Crippen LogP) is 0.0254. The lowest BCUT2D eigenvalue weighted by Crippen LogP contribution is -2.62. The quantitative estimate of drug-likeness (QED) is 0.693. The molecule has 1 aromatic carbocycles.